The Kier molecular flexibility index (Phi) is 4.62. The van der Waals surface area contributed by atoms with Gasteiger partial charge in [-0.2, -0.15) is 0 Å². The van der Waals surface area contributed by atoms with E-state index in [2.05, 4.69) is 15.4 Å². The van der Waals surface area contributed by atoms with Gasteiger partial charge >= 0.3 is 6.03 Å². The van der Waals surface area contributed by atoms with Crippen molar-refractivity contribution in [3.05, 3.63) is 47.3 Å². The van der Waals surface area contributed by atoms with Crippen LogP contribution in [0.5, 0.6) is 0 Å². The number of anilines is 1. The fourth-order valence-corrected chi connectivity index (χ4v) is 2.75. The molecular weight excluding hydrogens is 292 g/mol. The van der Waals surface area contributed by atoms with Crippen LogP contribution in [0.3, 0.4) is 0 Å². The molecule has 0 radical (unpaired) electrons. The Hall–Kier alpha value is -2.34. The Morgan fingerprint density at radius 1 is 1.22 bits per heavy atom. The molecule has 23 heavy (non-hydrogen) atoms. The number of nitrogens with zero attached hydrogens (tertiary/aromatic N) is 3. The summed E-state index contributed by atoms with van der Waals surface area (Å²) in [5, 5.41) is 6.86. The third-order valence-electron chi connectivity index (χ3n) is 3.99. The van der Waals surface area contributed by atoms with Gasteiger partial charge < -0.3 is 14.7 Å². The lowest BCUT2D eigenvalue weighted by Crippen LogP contribution is -2.49. The Balaban J connectivity index is 1.49. The number of aromatic nitrogens is 1. The molecule has 1 N–H and O–H groups in total. The lowest BCUT2D eigenvalue weighted by atomic mass is 10.2. The predicted molar refractivity (Wildman–Crippen MR) is 88.3 cm³/mol. The van der Waals surface area contributed by atoms with Crippen molar-refractivity contribution in [2.45, 2.75) is 20.4 Å². The highest BCUT2D eigenvalue weighted by Crippen LogP contribution is 2.13. The maximum atomic E-state index is 12.3. The van der Waals surface area contributed by atoms with Crippen molar-refractivity contribution in [1.82, 2.24) is 15.0 Å². The van der Waals surface area contributed by atoms with E-state index in [1.165, 1.54) is 0 Å². The molecule has 122 valence electrons. The summed E-state index contributed by atoms with van der Waals surface area (Å²) < 4.78 is 5.25. The van der Waals surface area contributed by atoms with Crippen LogP contribution in [0.2, 0.25) is 0 Å². The SMILES string of the molecule is Cc1cccc(NC(=O)N2CCN(Cc3cc(C)no3)CC2)c1. The van der Waals surface area contributed by atoms with Gasteiger partial charge in [-0.3, -0.25) is 4.90 Å². The van der Waals surface area contributed by atoms with E-state index in [-0.39, 0.29) is 6.03 Å². The van der Waals surface area contributed by atoms with Crippen LogP contribution in [0.4, 0.5) is 10.5 Å². The van der Waals surface area contributed by atoms with Crippen LogP contribution < -0.4 is 5.32 Å². The lowest BCUT2D eigenvalue weighted by molar-refractivity contribution is 0.134. The summed E-state index contributed by atoms with van der Waals surface area (Å²) in [7, 11) is 0. The number of urea groups is 1. The summed E-state index contributed by atoms with van der Waals surface area (Å²) >= 11 is 0. The molecule has 0 bridgehead atoms. The summed E-state index contributed by atoms with van der Waals surface area (Å²) in [6, 6.07) is 9.76. The summed E-state index contributed by atoms with van der Waals surface area (Å²) in [6.45, 7) is 7.77. The first-order valence-corrected chi connectivity index (χ1v) is 7.87. The van der Waals surface area contributed by atoms with Crippen LogP contribution in [-0.4, -0.2) is 47.2 Å². The van der Waals surface area contributed by atoms with Gasteiger partial charge in [0, 0.05) is 37.9 Å². The topological polar surface area (TPSA) is 61.6 Å². The second-order valence-corrected chi connectivity index (χ2v) is 6.00. The maximum Gasteiger partial charge on any atom is 0.321 e. The van der Waals surface area contributed by atoms with Gasteiger partial charge in [-0.25, -0.2) is 4.79 Å². The average Bonchev–Trinajstić information content (AvgIpc) is 2.93. The van der Waals surface area contributed by atoms with E-state index in [1.807, 2.05) is 49.1 Å². The second kappa shape index (κ2) is 6.83. The molecule has 1 aliphatic heterocycles. The first-order chi connectivity index (χ1) is 11.1. The number of hydrogen-bond donors (Lipinski definition) is 1. The highest BCUT2D eigenvalue weighted by molar-refractivity contribution is 5.89. The number of benzene rings is 1. The van der Waals surface area contributed by atoms with Gasteiger partial charge in [0.1, 0.15) is 0 Å². The number of nitrogens with one attached hydrogen (secondary N) is 1. The van der Waals surface area contributed by atoms with E-state index in [0.717, 1.165) is 42.3 Å². The molecule has 0 atom stereocenters. The Morgan fingerprint density at radius 2 is 2.00 bits per heavy atom. The van der Waals surface area contributed by atoms with Crippen LogP contribution in [-0.2, 0) is 6.54 Å². The number of rotatable bonds is 3. The van der Waals surface area contributed by atoms with Crippen molar-refractivity contribution in [3.8, 4) is 0 Å². The largest absolute Gasteiger partial charge is 0.360 e. The molecule has 3 rings (SSSR count). The molecule has 2 amide bonds. The van der Waals surface area contributed by atoms with Gasteiger partial charge in [0.05, 0.1) is 12.2 Å². The van der Waals surface area contributed by atoms with Crippen LogP contribution in [0, 0.1) is 13.8 Å². The van der Waals surface area contributed by atoms with E-state index in [9.17, 15) is 4.79 Å². The van der Waals surface area contributed by atoms with Gasteiger partial charge in [-0.15, -0.1) is 0 Å². The van der Waals surface area contributed by atoms with Gasteiger partial charge in [-0.1, -0.05) is 17.3 Å². The highest BCUT2D eigenvalue weighted by atomic mass is 16.5. The molecule has 1 saturated heterocycles. The van der Waals surface area contributed by atoms with Crippen molar-refractivity contribution in [2.75, 3.05) is 31.5 Å². The Bertz CT molecular complexity index is 675. The molecule has 6 nitrogen and oxygen atoms in total. The Morgan fingerprint density at radius 3 is 2.65 bits per heavy atom. The smallest absolute Gasteiger partial charge is 0.321 e. The lowest BCUT2D eigenvalue weighted by Gasteiger charge is -2.34. The van der Waals surface area contributed by atoms with Crippen molar-refractivity contribution < 1.29 is 9.32 Å². The minimum Gasteiger partial charge on any atom is -0.360 e. The van der Waals surface area contributed by atoms with Crippen molar-refractivity contribution in [1.29, 1.82) is 0 Å². The number of piperazine rings is 1. The number of amides is 2. The second-order valence-electron chi connectivity index (χ2n) is 6.00. The van der Waals surface area contributed by atoms with Gasteiger partial charge in [0.15, 0.2) is 5.76 Å². The van der Waals surface area contributed by atoms with E-state index in [1.54, 1.807) is 0 Å². The number of hydrogen-bond acceptors (Lipinski definition) is 4. The normalized spacial score (nSPS) is 15.7. The molecular formula is C17H22N4O2. The fraction of sp³-hybridized carbons (Fsp3) is 0.412. The van der Waals surface area contributed by atoms with Crippen LogP contribution >= 0.6 is 0 Å². The van der Waals surface area contributed by atoms with Crippen molar-refractivity contribution >= 4 is 11.7 Å². The monoisotopic (exact) mass is 314 g/mol. The van der Waals surface area contributed by atoms with Crippen molar-refractivity contribution in [2.24, 2.45) is 0 Å². The Labute approximate surface area is 136 Å². The van der Waals surface area contributed by atoms with E-state index >= 15 is 0 Å². The number of carbonyl (C=O) groups excluding carboxylic acids is 1. The van der Waals surface area contributed by atoms with Crippen LogP contribution in [0.1, 0.15) is 17.0 Å². The van der Waals surface area contributed by atoms with Crippen molar-refractivity contribution in [3.63, 3.8) is 0 Å². The zero-order chi connectivity index (χ0) is 16.2. The maximum absolute atomic E-state index is 12.3. The fourth-order valence-electron chi connectivity index (χ4n) is 2.75. The summed E-state index contributed by atoms with van der Waals surface area (Å²) in [6.07, 6.45) is 0. The molecule has 1 aromatic carbocycles. The van der Waals surface area contributed by atoms with Gasteiger partial charge in [0.25, 0.3) is 0 Å². The zero-order valence-corrected chi connectivity index (χ0v) is 13.6. The first-order valence-electron chi connectivity index (χ1n) is 7.87. The molecule has 1 fully saturated rings. The number of carbonyl (C=O) groups is 1. The van der Waals surface area contributed by atoms with Crippen LogP contribution in [0.15, 0.2) is 34.9 Å². The summed E-state index contributed by atoms with van der Waals surface area (Å²) in [5.74, 6) is 0.875. The third-order valence-corrected chi connectivity index (χ3v) is 3.99. The van der Waals surface area contributed by atoms with E-state index < -0.39 is 0 Å². The summed E-state index contributed by atoms with van der Waals surface area (Å²) in [5.41, 5.74) is 2.88. The van der Waals surface area contributed by atoms with Gasteiger partial charge in [-0.05, 0) is 31.5 Å². The predicted octanol–water partition coefficient (Wildman–Crippen LogP) is 2.64. The molecule has 2 heterocycles. The molecule has 0 spiro atoms. The minimum absolute atomic E-state index is 0.0363. The average molecular weight is 314 g/mol. The quantitative estimate of drug-likeness (QED) is 0.946. The molecule has 0 saturated carbocycles. The zero-order valence-electron chi connectivity index (χ0n) is 13.6. The standard InChI is InChI=1S/C17H22N4O2/c1-13-4-3-5-15(10-13)18-17(22)21-8-6-20(7-9-21)12-16-11-14(2)19-23-16/h3-5,10-11H,6-9,12H2,1-2H3,(H,18,22). The van der Waals surface area contributed by atoms with E-state index in [4.69, 9.17) is 4.52 Å². The van der Waals surface area contributed by atoms with E-state index in [0.29, 0.717) is 13.1 Å². The molecule has 0 aliphatic carbocycles. The third kappa shape index (κ3) is 4.10. The molecule has 2 aromatic rings. The number of aryl methyl sites for hydroxylation is 2. The molecule has 1 aromatic heterocycles. The molecule has 1 aliphatic rings. The molecule has 0 unspecified atom stereocenters. The molecule has 6 heteroatoms. The summed E-state index contributed by atoms with van der Waals surface area (Å²) in [4.78, 5) is 16.4. The highest BCUT2D eigenvalue weighted by Gasteiger charge is 2.22. The van der Waals surface area contributed by atoms with Crippen LogP contribution in [0.25, 0.3) is 0 Å². The van der Waals surface area contributed by atoms with Gasteiger partial charge in [0.2, 0.25) is 0 Å². The minimum atomic E-state index is -0.0363. The first kappa shape index (κ1) is 15.6.